The predicted molar refractivity (Wildman–Crippen MR) is 137 cm³/mol. The van der Waals surface area contributed by atoms with Crippen LogP contribution >= 0.6 is 22.9 Å². The van der Waals surface area contributed by atoms with Crippen molar-refractivity contribution in [3.05, 3.63) is 91.8 Å². The fraction of sp³-hybridized carbons (Fsp3) is 0.240. The van der Waals surface area contributed by atoms with Crippen LogP contribution in [0.2, 0.25) is 5.02 Å². The van der Waals surface area contributed by atoms with Crippen LogP contribution in [-0.2, 0) is 21.6 Å². The number of nitrogens with zero attached hydrogens (tertiary/aromatic N) is 2. The zero-order valence-corrected chi connectivity index (χ0v) is 20.9. The van der Waals surface area contributed by atoms with E-state index in [1.807, 2.05) is 30.3 Å². The first-order valence-corrected chi connectivity index (χ1v) is 12.6. The number of amides is 3. The van der Waals surface area contributed by atoms with Gasteiger partial charge in [0.05, 0.1) is 22.0 Å². The van der Waals surface area contributed by atoms with Gasteiger partial charge in [-0.1, -0.05) is 53.3 Å². The van der Waals surface area contributed by atoms with Crippen LogP contribution in [0.5, 0.6) is 0 Å². The average Bonchev–Trinajstić information content (AvgIpc) is 3.53. The molecule has 0 aliphatic carbocycles. The highest BCUT2D eigenvalue weighted by atomic mass is 35.5. The van der Waals surface area contributed by atoms with E-state index in [1.54, 1.807) is 23.1 Å². The Bertz CT molecular complexity index is 1400. The van der Waals surface area contributed by atoms with Crippen LogP contribution in [0.15, 0.2) is 60.7 Å². The number of nitrogens with one attached hydrogen (secondary N) is 2. The molecule has 2 aromatic carbocycles. The van der Waals surface area contributed by atoms with E-state index < -0.39 is 28.6 Å². The maximum absolute atomic E-state index is 13.7. The van der Waals surface area contributed by atoms with Gasteiger partial charge in [0.2, 0.25) is 5.91 Å². The van der Waals surface area contributed by atoms with E-state index in [4.69, 9.17) is 16.3 Å². The summed E-state index contributed by atoms with van der Waals surface area (Å²) in [6, 6.07) is 16.0. The third-order valence-electron chi connectivity index (χ3n) is 6.42. The molecular weight excluding hydrogens is 520 g/mol. The van der Waals surface area contributed by atoms with Crippen LogP contribution in [-0.4, -0.2) is 46.9 Å². The number of halogens is 1. The normalized spacial score (nSPS) is 19.1. The molecule has 3 amide bonds. The molecule has 1 spiro atoms. The second-order valence-corrected chi connectivity index (χ2v) is 10.3. The first-order valence-electron chi connectivity index (χ1n) is 11.4. The summed E-state index contributed by atoms with van der Waals surface area (Å²) in [4.78, 5) is 51.2. The van der Waals surface area contributed by atoms with E-state index in [2.05, 4.69) is 10.6 Å². The SMILES string of the molecule is O=C1Nc2ccc(Cl)cc2C2(CCN(C(=O)[C@H](Cc3ccccc3)NC(=O)c3ccc([N+](=O)[O-])s3)C2)O1. The Morgan fingerprint density at radius 2 is 2.00 bits per heavy atom. The monoisotopic (exact) mass is 540 g/mol. The molecule has 3 heterocycles. The number of hydrogen-bond donors (Lipinski definition) is 2. The Morgan fingerprint density at radius 3 is 2.73 bits per heavy atom. The maximum Gasteiger partial charge on any atom is 0.412 e. The topological polar surface area (TPSA) is 131 Å². The number of nitro groups is 1. The lowest BCUT2D eigenvalue weighted by Crippen LogP contribution is -2.50. The quantitative estimate of drug-likeness (QED) is 0.353. The van der Waals surface area contributed by atoms with Crippen molar-refractivity contribution in [3.8, 4) is 0 Å². The molecule has 1 fully saturated rings. The molecule has 10 nitrogen and oxygen atoms in total. The lowest BCUT2D eigenvalue weighted by atomic mass is 9.90. The summed E-state index contributed by atoms with van der Waals surface area (Å²) in [6.07, 6.45) is -0.0352. The van der Waals surface area contributed by atoms with Gasteiger partial charge in [0.25, 0.3) is 5.91 Å². The summed E-state index contributed by atoms with van der Waals surface area (Å²) < 4.78 is 5.72. The Balaban J connectivity index is 1.40. The molecule has 1 saturated heterocycles. The number of hydrogen-bond acceptors (Lipinski definition) is 7. The minimum Gasteiger partial charge on any atom is -0.436 e. The summed E-state index contributed by atoms with van der Waals surface area (Å²) in [5.74, 6) is -0.926. The van der Waals surface area contributed by atoms with Crippen LogP contribution in [0.1, 0.15) is 27.2 Å². The molecule has 2 aliphatic rings. The van der Waals surface area contributed by atoms with E-state index in [-0.39, 0.29) is 28.8 Å². The minimum absolute atomic E-state index is 0.0955. The zero-order chi connectivity index (χ0) is 26.2. The number of thiophene rings is 1. The fourth-order valence-corrected chi connectivity index (χ4v) is 5.59. The molecule has 0 saturated carbocycles. The molecule has 1 unspecified atom stereocenters. The van der Waals surface area contributed by atoms with Gasteiger partial charge in [-0.25, -0.2) is 4.79 Å². The van der Waals surface area contributed by atoms with Crippen molar-refractivity contribution in [2.24, 2.45) is 0 Å². The molecule has 2 aliphatic heterocycles. The van der Waals surface area contributed by atoms with Crippen molar-refractivity contribution in [2.75, 3.05) is 18.4 Å². The molecule has 3 aromatic rings. The van der Waals surface area contributed by atoms with Gasteiger partial charge in [-0.05, 0) is 29.8 Å². The van der Waals surface area contributed by atoms with Crippen molar-refractivity contribution < 1.29 is 24.0 Å². The Labute approximate surface area is 220 Å². The Hall–Kier alpha value is -3.96. The third kappa shape index (κ3) is 5.00. The summed E-state index contributed by atoms with van der Waals surface area (Å²) in [7, 11) is 0. The molecule has 0 radical (unpaired) electrons. The number of anilines is 1. The second-order valence-electron chi connectivity index (χ2n) is 8.82. The van der Waals surface area contributed by atoms with Crippen LogP contribution in [0, 0.1) is 10.1 Å². The molecule has 2 N–H and O–H groups in total. The van der Waals surface area contributed by atoms with E-state index in [1.165, 1.54) is 12.1 Å². The second kappa shape index (κ2) is 9.83. The van der Waals surface area contributed by atoms with Crippen molar-refractivity contribution >= 4 is 51.5 Å². The number of likely N-dealkylation sites (tertiary alicyclic amines) is 1. The number of carbonyl (C=O) groups is 3. The largest absolute Gasteiger partial charge is 0.436 e. The highest BCUT2D eigenvalue weighted by Crippen LogP contribution is 2.44. The fourth-order valence-electron chi connectivity index (χ4n) is 4.69. The standard InChI is InChI=1S/C25H21ClN4O6S/c26-16-6-7-18-17(13-16)25(36-24(33)28-18)10-11-29(14-25)23(32)19(12-15-4-2-1-3-5-15)27-22(31)20-8-9-21(37-20)30(34)35/h1-9,13,19H,10-12,14H2,(H,27,31)(H,28,33)/t19-,25?/m0/s1. The van der Waals surface area contributed by atoms with Crippen molar-refractivity contribution in [1.29, 1.82) is 0 Å². The summed E-state index contributed by atoms with van der Waals surface area (Å²) in [6.45, 7) is 0.391. The molecule has 0 bridgehead atoms. The van der Waals surface area contributed by atoms with Gasteiger partial charge < -0.3 is 15.0 Å². The number of fused-ring (bicyclic) bond motifs is 2. The Morgan fingerprint density at radius 1 is 1.22 bits per heavy atom. The lowest BCUT2D eigenvalue weighted by molar-refractivity contribution is -0.380. The van der Waals surface area contributed by atoms with Gasteiger partial charge >= 0.3 is 11.1 Å². The molecule has 1 aromatic heterocycles. The highest BCUT2D eigenvalue weighted by molar-refractivity contribution is 7.17. The van der Waals surface area contributed by atoms with Crippen LogP contribution in [0.25, 0.3) is 0 Å². The van der Waals surface area contributed by atoms with E-state index >= 15 is 0 Å². The van der Waals surface area contributed by atoms with Gasteiger partial charge in [0.15, 0.2) is 5.60 Å². The molecule has 190 valence electrons. The Kier molecular flexibility index (Phi) is 6.57. The number of rotatable bonds is 6. The van der Waals surface area contributed by atoms with Gasteiger partial charge in [0, 0.05) is 36.0 Å². The molecule has 5 rings (SSSR count). The van der Waals surface area contributed by atoms with Gasteiger partial charge in [-0.3, -0.25) is 25.0 Å². The maximum atomic E-state index is 13.7. The van der Waals surface area contributed by atoms with Crippen molar-refractivity contribution in [1.82, 2.24) is 10.2 Å². The molecule has 2 atom stereocenters. The highest BCUT2D eigenvalue weighted by Gasteiger charge is 2.49. The number of ether oxygens (including phenoxy) is 1. The van der Waals surface area contributed by atoms with Crippen LogP contribution in [0.4, 0.5) is 15.5 Å². The summed E-state index contributed by atoms with van der Waals surface area (Å²) >= 11 is 6.95. The van der Waals surface area contributed by atoms with Crippen molar-refractivity contribution in [2.45, 2.75) is 24.5 Å². The van der Waals surface area contributed by atoms with Crippen molar-refractivity contribution in [3.63, 3.8) is 0 Å². The molecular formula is C25H21ClN4O6S. The van der Waals surface area contributed by atoms with Crippen LogP contribution < -0.4 is 10.6 Å². The smallest absolute Gasteiger partial charge is 0.412 e. The summed E-state index contributed by atoms with van der Waals surface area (Å²) in [5.41, 5.74) is 1.03. The number of benzene rings is 2. The average molecular weight is 541 g/mol. The van der Waals surface area contributed by atoms with Crippen LogP contribution in [0.3, 0.4) is 0 Å². The zero-order valence-electron chi connectivity index (χ0n) is 19.3. The minimum atomic E-state index is -1.06. The first-order chi connectivity index (χ1) is 17.7. The predicted octanol–water partition coefficient (Wildman–Crippen LogP) is 4.34. The molecule has 12 heteroatoms. The lowest BCUT2D eigenvalue weighted by Gasteiger charge is -2.35. The van der Waals surface area contributed by atoms with Gasteiger partial charge in [-0.15, -0.1) is 0 Å². The number of carbonyl (C=O) groups excluding carboxylic acids is 3. The van der Waals surface area contributed by atoms with E-state index in [9.17, 15) is 24.5 Å². The molecule has 37 heavy (non-hydrogen) atoms. The first kappa shape index (κ1) is 24.7. The van der Waals surface area contributed by atoms with E-state index in [0.29, 0.717) is 29.2 Å². The van der Waals surface area contributed by atoms with Gasteiger partial charge in [0.1, 0.15) is 6.04 Å². The van der Waals surface area contributed by atoms with Gasteiger partial charge in [-0.2, -0.15) is 0 Å². The summed E-state index contributed by atoms with van der Waals surface area (Å²) in [5, 5.41) is 16.8. The van der Waals surface area contributed by atoms with E-state index in [0.717, 1.165) is 16.9 Å². The third-order valence-corrected chi connectivity index (χ3v) is 7.69.